The molecule has 0 atom stereocenters. The zero-order chi connectivity index (χ0) is 15.2. The molecule has 1 aromatic heterocycles. The van der Waals surface area contributed by atoms with Gasteiger partial charge in [-0.1, -0.05) is 0 Å². The fraction of sp³-hybridized carbons (Fsp3) is 0.143. The topological polar surface area (TPSA) is 86.5 Å². The van der Waals surface area contributed by atoms with E-state index in [0.717, 1.165) is 0 Å². The van der Waals surface area contributed by atoms with E-state index in [0.29, 0.717) is 35.9 Å². The molecule has 0 saturated carbocycles. The van der Waals surface area contributed by atoms with Gasteiger partial charge >= 0.3 is 0 Å². The molecule has 110 valence electrons. The molecule has 0 fully saturated rings. The van der Waals surface area contributed by atoms with E-state index in [1.807, 2.05) is 0 Å². The molecule has 1 aliphatic heterocycles. The van der Waals surface area contributed by atoms with Crippen LogP contribution in [0.5, 0.6) is 17.2 Å². The number of nitrogens with two attached hydrogens (primary N) is 1. The van der Waals surface area contributed by atoms with Crippen molar-refractivity contribution in [2.24, 2.45) is 0 Å². The van der Waals surface area contributed by atoms with Gasteiger partial charge in [-0.3, -0.25) is 9.18 Å². The standard InChI is InChI=1S/C13H11N3O3.CH3F/c14-8-1-3-9(4-2-8)19-10-5-6-15-13-12(10)18-7-11(17)16-13;1-2/h1-6H,7,14H2,(H,15,16,17);1H3. The predicted molar refractivity (Wildman–Crippen MR) is 76.3 cm³/mol. The van der Waals surface area contributed by atoms with Crippen molar-refractivity contribution in [3.8, 4) is 17.2 Å². The van der Waals surface area contributed by atoms with Crippen molar-refractivity contribution in [2.45, 2.75) is 0 Å². The highest BCUT2D eigenvalue weighted by Gasteiger charge is 2.21. The molecule has 21 heavy (non-hydrogen) atoms. The number of carbonyl (C=O) groups is 1. The van der Waals surface area contributed by atoms with Gasteiger partial charge in [0.15, 0.2) is 18.2 Å². The van der Waals surface area contributed by atoms with Crippen molar-refractivity contribution in [3.05, 3.63) is 36.5 Å². The first-order chi connectivity index (χ1) is 10.2. The van der Waals surface area contributed by atoms with Gasteiger partial charge in [0.25, 0.3) is 5.91 Å². The summed E-state index contributed by atoms with van der Waals surface area (Å²) in [5, 5.41) is 2.62. The Kier molecular flexibility index (Phi) is 4.55. The van der Waals surface area contributed by atoms with Gasteiger partial charge in [-0.25, -0.2) is 4.98 Å². The number of hydrogen-bond acceptors (Lipinski definition) is 5. The van der Waals surface area contributed by atoms with Gasteiger partial charge in [-0.15, -0.1) is 0 Å². The van der Waals surface area contributed by atoms with Crippen LogP contribution in [0.4, 0.5) is 15.9 Å². The highest BCUT2D eigenvalue weighted by atomic mass is 19.1. The summed E-state index contributed by atoms with van der Waals surface area (Å²) in [6.45, 7) is -0.0449. The number of alkyl halides is 1. The van der Waals surface area contributed by atoms with E-state index in [2.05, 4.69) is 10.3 Å². The van der Waals surface area contributed by atoms with Crippen LogP contribution in [0.25, 0.3) is 0 Å². The molecular formula is C14H14FN3O3. The Labute approximate surface area is 120 Å². The SMILES string of the molecule is CF.Nc1ccc(Oc2ccnc3c2OCC(=O)N3)cc1. The molecule has 3 rings (SSSR count). The molecule has 2 aromatic rings. The minimum atomic E-state index is -0.232. The number of amides is 1. The van der Waals surface area contributed by atoms with Crippen LogP contribution >= 0.6 is 0 Å². The summed E-state index contributed by atoms with van der Waals surface area (Å²) in [4.78, 5) is 15.2. The maximum Gasteiger partial charge on any atom is 0.263 e. The summed E-state index contributed by atoms with van der Waals surface area (Å²) in [5.41, 5.74) is 6.27. The van der Waals surface area contributed by atoms with Gasteiger partial charge < -0.3 is 20.5 Å². The second-order valence-corrected chi connectivity index (χ2v) is 3.99. The first kappa shape index (κ1) is 14.6. The van der Waals surface area contributed by atoms with Gasteiger partial charge in [-0.2, -0.15) is 0 Å². The number of carbonyl (C=O) groups excluding carboxylic acids is 1. The van der Waals surface area contributed by atoms with Crippen molar-refractivity contribution in [1.82, 2.24) is 4.98 Å². The zero-order valence-corrected chi connectivity index (χ0v) is 11.3. The first-order valence-electron chi connectivity index (χ1n) is 6.05. The Morgan fingerprint density at radius 2 is 2.00 bits per heavy atom. The molecule has 0 radical (unpaired) electrons. The molecule has 0 aliphatic carbocycles. The number of aromatic nitrogens is 1. The third-order valence-electron chi connectivity index (χ3n) is 2.58. The van der Waals surface area contributed by atoms with Crippen LogP contribution < -0.4 is 20.5 Å². The van der Waals surface area contributed by atoms with E-state index in [4.69, 9.17) is 15.2 Å². The number of benzene rings is 1. The third kappa shape index (κ3) is 3.38. The van der Waals surface area contributed by atoms with Crippen molar-refractivity contribution < 1.29 is 18.7 Å². The predicted octanol–water partition coefficient (Wildman–Crippen LogP) is 2.37. The molecule has 0 bridgehead atoms. The van der Waals surface area contributed by atoms with Gasteiger partial charge in [0.05, 0.1) is 7.18 Å². The lowest BCUT2D eigenvalue weighted by molar-refractivity contribution is -0.118. The number of pyridine rings is 1. The molecular weight excluding hydrogens is 277 g/mol. The number of nitrogens with zero attached hydrogens (tertiary/aromatic N) is 1. The number of anilines is 2. The number of halogens is 1. The highest BCUT2D eigenvalue weighted by molar-refractivity contribution is 5.94. The van der Waals surface area contributed by atoms with Crippen molar-refractivity contribution in [1.29, 1.82) is 0 Å². The first-order valence-corrected chi connectivity index (χ1v) is 6.05. The normalized spacial score (nSPS) is 12.2. The van der Waals surface area contributed by atoms with Gasteiger partial charge in [0.2, 0.25) is 5.75 Å². The Morgan fingerprint density at radius 1 is 1.29 bits per heavy atom. The number of ether oxygens (including phenoxy) is 2. The second-order valence-electron chi connectivity index (χ2n) is 3.99. The minimum absolute atomic E-state index is 0.0449. The summed E-state index contributed by atoms with van der Waals surface area (Å²) >= 11 is 0. The van der Waals surface area contributed by atoms with E-state index in [1.165, 1.54) is 0 Å². The number of hydrogen-bond donors (Lipinski definition) is 2. The molecule has 6 nitrogen and oxygen atoms in total. The van der Waals surface area contributed by atoms with Crippen molar-refractivity contribution >= 4 is 17.4 Å². The molecule has 7 heteroatoms. The summed E-state index contributed by atoms with van der Waals surface area (Å²) < 4.78 is 20.5. The molecule has 0 spiro atoms. The van der Waals surface area contributed by atoms with Gasteiger partial charge in [-0.05, 0) is 24.3 Å². The molecule has 1 aromatic carbocycles. The Bertz CT molecular complexity index is 632. The lowest BCUT2D eigenvalue weighted by atomic mass is 10.3. The molecule has 2 heterocycles. The van der Waals surface area contributed by atoms with Crippen LogP contribution in [0, 0.1) is 0 Å². The average molecular weight is 291 g/mol. The molecule has 1 aliphatic rings. The summed E-state index contributed by atoms with van der Waals surface area (Å²) in [6, 6.07) is 8.66. The monoisotopic (exact) mass is 291 g/mol. The lowest BCUT2D eigenvalue weighted by Gasteiger charge is -2.19. The van der Waals surface area contributed by atoms with Crippen LogP contribution in [0.2, 0.25) is 0 Å². The number of fused-ring (bicyclic) bond motifs is 1. The third-order valence-corrected chi connectivity index (χ3v) is 2.58. The number of nitrogen functional groups attached to an aromatic ring is 1. The van der Waals surface area contributed by atoms with Crippen molar-refractivity contribution in [2.75, 3.05) is 24.8 Å². The van der Waals surface area contributed by atoms with Crippen LogP contribution in [-0.4, -0.2) is 24.7 Å². The van der Waals surface area contributed by atoms with Gasteiger partial charge in [0, 0.05) is 18.0 Å². The summed E-state index contributed by atoms with van der Waals surface area (Å²) in [5.74, 6) is 1.69. The Balaban J connectivity index is 0.000000774. The minimum Gasteiger partial charge on any atom is -0.476 e. The molecule has 0 unspecified atom stereocenters. The van der Waals surface area contributed by atoms with Gasteiger partial charge in [0.1, 0.15) is 5.75 Å². The van der Waals surface area contributed by atoms with Crippen LogP contribution in [0.3, 0.4) is 0 Å². The smallest absolute Gasteiger partial charge is 0.263 e. The van der Waals surface area contributed by atoms with E-state index >= 15 is 0 Å². The van der Waals surface area contributed by atoms with E-state index in [1.54, 1.807) is 36.5 Å². The molecule has 1 amide bonds. The zero-order valence-electron chi connectivity index (χ0n) is 11.3. The fourth-order valence-corrected chi connectivity index (χ4v) is 1.71. The van der Waals surface area contributed by atoms with E-state index in [-0.39, 0.29) is 12.5 Å². The second kappa shape index (κ2) is 6.56. The maximum atomic E-state index is 11.2. The summed E-state index contributed by atoms with van der Waals surface area (Å²) in [6.07, 6.45) is 1.54. The fourth-order valence-electron chi connectivity index (χ4n) is 1.71. The lowest BCUT2D eigenvalue weighted by Crippen LogP contribution is -2.26. The average Bonchev–Trinajstić information content (AvgIpc) is 2.51. The quantitative estimate of drug-likeness (QED) is 0.829. The van der Waals surface area contributed by atoms with Crippen LogP contribution in [0.15, 0.2) is 36.5 Å². The van der Waals surface area contributed by atoms with E-state index < -0.39 is 0 Å². The Hall–Kier alpha value is -2.83. The highest BCUT2D eigenvalue weighted by Crippen LogP contribution is 2.38. The molecule has 0 saturated heterocycles. The van der Waals surface area contributed by atoms with E-state index in [9.17, 15) is 9.18 Å². The molecule has 3 N–H and O–H groups in total. The number of rotatable bonds is 2. The summed E-state index contributed by atoms with van der Waals surface area (Å²) in [7, 11) is 0.500. The van der Waals surface area contributed by atoms with Crippen LogP contribution in [-0.2, 0) is 4.79 Å². The number of nitrogens with one attached hydrogen (secondary N) is 1. The van der Waals surface area contributed by atoms with Crippen molar-refractivity contribution in [3.63, 3.8) is 0 Å². The van der Waals surface area contributed by atoms with Crippen LogP contribution in [0.1, 0.15) is 0 Å². The maximum absolute atomic E-state index is 11.2. The largest absolute Gasteiger partial charge is 0.476 e. The Morgan fingerprint density at radius 3 is 2.71 bits per heavy atom.